The van der Waals surface area contributed by atoms with Gasteiger partial charge >= 0.3 is 0 Å². The van der Waals surface area contributed by atoms with Crippen LogP contribution in [0.4, 0.5) is 10.1 Å². The highest BCUT2D eigenvalue weighted by Gasteiger charge is 2.21. The number of carbonyl (C=O) groups is 1. The fourth-order valence-corrected chi connectivity index (χ4v) is 4.18. The van der Waals surface area contributed by atoms with E-state index >= 15 is 0 Å². The molecule has 9 heteroatoms. The second kappa shape index (κ2) is 10.1. The zero-order chi connectivity index (χ0) is 22.5. The summed E-state index contributed by atoms with van der Waals surface area (Å²) < 4.78 is 22.9. The number of carbonyl (C=O) groups excluding carboxylic acids is 1. The highest BCUT2D eigenvalue weighted by molar-refractivity contribution is 14.1. The summed E-state index contributed by atoms with van der Waals surface area (Å²) in [6.45, 7) is 0. The molecule has 0 aliphatic carbocycles. The largest absolute Gasteiger partial charge is 0.495 e. The molecule has 0 fully saturated rings. The number of benzene rings is 3. The van der Waals surface area contributed by atoms with Gasteiger partial charge in [-0.15, -0.1) is 10.2 Å². The van der Waals surface area contributed by atoms with Crippen molar-refractivity contribution in [2.45, 2.75) is 5.16 Å². The Bertz CT molecular complexity index is 1250. The van der Waals surface area contributed by atoms with Crippen LogP contribution in [0.1, 0.15) is 0 Å². The maximum atomic E-state index is 14.6. The topological polar surface area (TPSA) is 69.0 Å². The summed E-state index contributed by atoms with van der Waals surface area (Å²) in [6, 6.07) is 21.2. The molecule has 0 saturated heterocycles. The van der Waals surface area contributed by atoms with Crippen LogP contribution in [0.25, 0.3) is 17.1 Å². The maximum absolute atomic E-state index is 14.6. The first-order chi connectivity index (χ1) is 15.6. The first-order valence-corrected chi connectivity index (χ1v) is 11.6. The van der Waals surface area contributed by atoms with Crippen molar-refractivity contribution in [3.8, 4) is 22.8 Å². The van der Waals surface area contributed by atoms with E-state index in [0.717, 1.165) is 3.57 Å². The molecule has 1 aromatic heterocycles. The predicted molar refractivity (Wildman–Crippen MR) is 132 cm³/mol. The van der Waals surface area contributed by atoms with Crippen molar-refractivity contribution in [2.24, 2.45) is 0 Å². The number of thioether (sulfide) groups is 1. The monoisotopic (exact) mass is 560 g/mol. The molecule has 1 heterocycles. The van der Waals surface area contributed by atoms with Crippen LogP contribution in [0.5, 0.6) is 5.75 Å². The Hall–Kier alpha value is -2.92. The van der Waals surface area contributed by atoms with Gasteiger partial charge in [0.15, 0.2) is 11.0 Å². The Labute approximate surface area is 202 Å². The lowest BCUT2D eigenvalue weighted by Gasteiger charge is -2.14. The summed E-state index contributed by atoms with van der Waals surface area (Å²) in [6.07, 6.45) is 0. The minimum atomic E-state index is -0.413. The van der Waals surface area contributed by atoms with Crippen LogP contribution >= 0.6 is 34.4 Å². The highest BCUT2D eigenvalue weighted by atomic mass is 127. The van der Waals surface area contributed by atoms with Gasteiger partial charge in [-0.05, 0) is 71.1 Å². The minimum absolute atomic E-state index is 0.108. The first kappa shape index (κ1) is 22.3. The van der Waals surface area contributed by atoms with E-state index in [1.165, 1.54) is 17.8 Å². The lowest BCUT2D eigenvalue weighted by Crippen LogP contribution is -2.14. The number of rotatable bonds is 7. The van der Waals surface area contributed by atoms with Gasteiger partial charge in [0, 0.05) is 9.26 Å². The molecule has 0 unspecified atom stereocenters. The molecule has 0 radical (unpaired) electrons. The van der Waals surface area contributed by atoms with E-state index in [2.05, 4.69) is 38.1 Å². The van der Waals surface area contributed by atoms with Gasteiger partial charge in [0.1, 0.15) is 11.6 Å². The van der Waals surface area contributed by atoms with Crippen LogP contribution in [-0.4, -0.2) is 33.5 Å². The first-order valence-electron chi connectivity index (χ1n) is 9.58. The molecule has 0 saturated carbocycles. The van der Waals surface area contributed by atoms with Crippen LogP contribution in [0, 0.1) is 9.39 Å². The molecule has 1 amide bonds. The van der Waals surface area contributed by atoms with Crippen LogP contribution < -0.4 is 10.1 Å². The van der Waals surface area contributed by atoms with Crippen molar-refractivity contribution in [3.05, 3.63) is 82.2 Å². The molecule has 0 atom stereocenters. The number of halogens is 2. The van der Waals surface area contributed by atoms with E-state index in [4.69, 9.17) is 4.74 Å². The predicted octanol–water partition coefficient (Wildman–Crippen LogP) is 5.42. The average molecular weight is 560 g/mol. The number of nitrogens with zero attached hydrogens (tertiary/aromatic N) is 3. The van der Waals surface area contributed by atoms with E-state index in [-0.39, 0.29) is 11.7 Å². The Morgan fingerprint density at radius 2 is 1.78 bits per heavy atom. The molecule has 0 aliphatic heterocycles. The fourth-order valence-electron chi connectivity index (χ4n) is 3.07. The third kappa shape index (κ3) is 4.94. The fraction of sp³-hybridized carbons (Fsp3) is 0.0870. The second-order valence-electron chi connectivity index (χ2n) is 6.64. The van der Waals surface area contributed by atoms with Gasteiger partial charge in [-0.2, -0.15) is 0 Å². The molecule has 0 aliphatic rings. The molecule has 162 valence electrons. The molecular formula is C23H18FIN4O2S. The molecule has 6 nitrogen and oxygen atoms in total. The summed E-state index contributed by atoms with van der Waals surface area (Å²) in [5, 5.41) is 11.8. The van der Waals surface area contributed by atoms with Gasteiger partial charge < -0.3 is 10.1 Å². The number of hydrogen-bond donors (Lipinski definition) is 1. The minimum Gasteiger partial charge on any atom is -0.495 e. The number of nitrogens with one attached hydrogen (secondary N) is 1. The van der Waals surface area contributed by atoms with E-state index < -0.39 is 5.82 Å². The number of methoxy groups -OCH3 is 1. The summed E-state index contributed by atoms with van der Waals surface area (Å²) in [5.74, 6) is 0.418. The lowest BCUT2D eigenvalue weighted by molar-refractivity contribution is -0.113. The normalized spacial score (nSPS) is 10.7. The van der Waals surface area contributed by atoms with Crippen molar-refractivity contribution < 1.29 is 13.9 Å². The zero-order valence-electron chi connectivity index (χ0n) is 17.0. The molecule has 32 heavy (non-hydrogen) atoms. The Morgan fingerprint density at radius 1 is 1.06 bits per heavy atom. The Kier molecular flexibility index (Phi) is 7.05. The van der Waals surface area contributed by atoms with Gasteiger partial charge in [-0.1, -0.05) is 36.0 Å². The smallest absolute Gasteiger partial charge is 0.234 e. The van der Waals surface area contributed by atoms with Crippen LogP contribution in [0.2, 0.25) is 0 Å². The average Bonchev–Trinajstić information content (AvgIpc) is 3.23. The van der Waals surface area contributed by atoms with E-state index in [0.29, 0.717) is 33.7 Å². The van der Waals surface area contributed by atoms with Gasteiger partial charge in [0.2, 0.25) is 5.91 Å². The standard InChI is InChI=1S/C23H18FIN4O2S/c1-31-20-9-5-4-8-19(20)29-22(17-6-2-3-7-18(17)24)27-28-23(29)32-14-21(30)26-16-12-10-15(25)11-13-16/h2-13H,14H2,1H3,(H,26,30). The van der Waals surface area contributed by atoms with Crippen LogP contribution in [0.3, 0.4) is 0 Å². The van der Waals surface area contributed by atoms with Crippen LogP contribution in [-0.2, 0) is 4.79 Å². The van der Waals surface area contributed by atoms with Crippen molar-refractivity contribution >= 4 is 45.9 Å². The van der Waals surface area contributed by atoms with Gasteiger partial charge in [0.05, 0.1) is 24.1 Å². The SMILES string of the molecule is COc1ccccc1-n1c(SCC(=O)Nc2ccc(I)cc2)nnc1-c1ccccc1F. The van der Waals surface area contributed by atoms with E-state index in [1.54, 1.807) is 35.9 Å². The van der Waals surface area contributed by atoms with Gasteiger partial charge in [0.25, 0.3) is 0 Å². The number of para-hydroxylation sites is 2. The number of amides is 1. The number of aromatic nitrogens is 3. The maximum Gasteiger partial charge on any atom is 0.234 e. The molecule has 0 bridgehead atoms. The van der Waals surface area contributed by atoms with Crippen LogP contribution in [0.15, 0.2) is 78.0 Å². The zero-order valence-corrected chi connectivity index (χ0v) is 19.9. The van der Waals surface area contributed by atoms with Gasteiger partial charge in [-0.3, -0.25) is 9.36 Å². The van der Waals surface area contributed by atoms with E-state index in [1.807, 2.05) is 42.5 Å². The number of hydrogen-bond acceptors (Lipinski definition) is 5. The molecular weight excluding hydrogens is 542 g/mol. The number of ether oxygens (including phenoxy) is 1. The summed E-state index contributed by atoms with van der Waals surface area (Å²) in [5.41, 5.74) is 1.68. The molecule has 3 aromatic carbocycles. The lowest BCUT2D eigenvalue weighted by atomic mass is 10.2. The van der Waals surface area contributed by atoms with Crippen molar-refractivity contribution in [1.29, 1.82) is 0 Å². The molecule has 4 aromatic rings. The van der Waals surface area contributed by atoms with Gasteiger partial charge in [-0.25, -0.2) is 4.39 Å². The second-order valence-corrected chi connectivity index (χ2v) is 8.83. The Balaban J connectivity index is 1.65. The van der Waals surface area contributed by atoms with Crippen molar-refractivity contribution in [1.82, 2.24) is 14.8 Å². The Morgan fingerprint density at radius 3 is 2.53 bits per heavy atom. The third-order valence-electron chi connectivity index (χ3n) is 4.53. The quantitative estimate of drug-likeness (QED) is 0.242. The highest BCUT2D eigenvalue weighted by Crippen LogP contribution is 2.33. The third-order valence-corrected chi connectivity index (χ3v) is 6.18. The van der Waals surface area contributed by atoms with Crippen molar-refractivity contribution in [3.63, 3.8) is 0 Å². The summed E-state index contributed by atoms with van der Waals surface area (Å²) >= 11 is 3.42. The molecule has 4 rings (SSSR count). The molecule has 0 spiro atoms. The summed E-state index contributed by atoms with van der Waals surface area (Å²) in [7, 11) is 1.56. The number of anilines is 1. The van der Waals surface area contributed by atoms with E-state index in [9.17, 15) is 9.18 Å². The van der Waals surface area contributed by atoms with Crippen molar-refractivity contribution in [2.75, 3.05) is 18.2 Å². The molecule has 1 N–H and O–H groups in total. The summed E-state index contributed by atoms with van der Waals surface area (Å²) in [4.78, 5) is 12.5.